The number of hydrogen-bond donors (Lipinski definition) is 0. The van der Waals surface area contributed by atoms with Crippen molar-refractivity contribution in [1.82, 2.24) is 49.9 Å². The van der Waals surface area contributed by atoms with E-state index < -0.39 is 0 Å². The number of nitrogens with zero attached hydrogens (tertiary/aromatic N) is 10. The van der Waals surface area contributed by atoms with Crippen molar-refractivity contribution in [1.29, 1.82) is 0 Å². The number of rotatable bonds is 6. The smallest absolute Gasteiger partial charge is 0.183 e. The maximum atomic E-state index is 4.42. The van der Waals surface area contributed by atoms with E-state index in [-0.39, 0.29) is 0 Å². The lowest BCUT2D eigenvalue weighted by Gasteiger charge is -2.04. The van der Waals surface area contributed by atoms with Gasteiger partial charge in [-0.3, -0.25) is 0 Å². The van der Waals surface area contributed by atoms with Gasteiger partial charge in [-0.2, -0.15) is 0 Å². The van der Waals surface area contributed by atoms with E-state index >= 15 is 0 Å². The molecular weight excluding hydrogens is 436 g/mol. The summed E-state index contributed by atoms with van der Waals surface area (Å²) in [6.45, 7) is 1.15. The maximum absolute atomic E-state index is 4.42. The van der Waals surface area contributed by atoms with Crippen molar-refractivity contribution in [2.24, 2.45) is 0 Å². The van der Waals surface area contributed by atoms with Crippen LogP contribution in [-0.2, 0) is 13.1 Å². The van der Waals surface area contributed by atoms with Crippen LogP contribution in [0.4, 0.5) is 0 Å². The van der Waals surface area contributed by atoms with Crippen molar-refractivity contribution in [2.75, 3.05) is 0 Å². The van der Waals surface area contributed by atoms with Crippen LogP contribution in [0.15, 0.2) is 83.4 Å². The number of aromatic nitrogens is 10. The zero-order chi connectivity index (χ0) is 22.0. The largest absolute Gasteiger partial charge is 0.227 e. The second-order valence-electron chi connectivity index (χ2n) is 7.27. The van der Waals surface area contributed by atoms with Gasteiger partial charge in [0, 0.05) is 0 Å². The molecule has 6 aromatic rings. The topological polar surface area (TPSA) is 113 Å². The first-order chi connectivity index (χ1) is 16.3. The van der Waals surface area contributed by atoms with Crippen LogP contribution < -0.4 is 0 Å². The lowest BCUT2D eigenvalue weighted by atomic mass is 10.2. The van der Waals surface area contributed by atoms with Crippen LogP contribution in [0.3, 0.4) is 0 Å². The minimum atomic E-state index is 0.573. The zero-order valence-corrected chi connectivity index (χ0v) is 18.0. The summed E-state index contributed by atoms with van der Waals surface area (Å²) in [5, 5.41) is 18.6. The van der Waals surface area contributed by atoms with Gasteiger partial charge in [0.15, 0.2) is 22.3 Å². The third-order valence-electron chi connectivity index (χ3n) is 5.08. The van der Waals surface area contributed by atoms with Gasteiger partial charge in [-0.25, -0.2) is 29.3 Å². The first kappa shape index (κ1) is 19.4. The van der Waals surface area contributed by atoms with Gasteiger partial charge in [0.2, 0.25) is 0 Å². The van der Waals surface area contributed by atoms with Crippen molar-refractivity contribution in [3.05, 3.63) is 84.4 Å². The predicted octanol–water partition coefficient (Wildman–Crippen LogP) is 3.00. The normalized spacial score (nSPS) is 11.4. The van der Waals surface area contributed by atoms with Gasteiger partial charge in [0.1, 0.15) is 22.7 Å². The molecule has 10 nitrogen and oxygen atoms in total. The van der Waals surface area contributed by atoms with Gasteiger partial charge in [-0.05, 0) is 22.9 Å². The molecule has 0 spiro atoms. The molecule has 0 radical (unpaired) electrons. The monoisotopic (exact) mass is 452 g/mol. The van der Waals surface area contributed by atoms with E-state index in [0.29, 0.717) is 45.5 Å². The van der Waals surface area contributed by atoms with E-state index in [1.54, 1.807) is 9.36 Å². The van der Waals surface area contributed by atoms with Crippen LogP contribution in [0.1, 0.15) is 11.1 Å². The third kappa shape index (κ3) is 3.78. The molecule has 2 aromatic carbocycles. The Labute approximate surface area is 191 Å². The molecule has 6 rings (SSSR count). The molecular formula is C22H16N10S. The van der Waals surface area contributed by atoms with Crippen LogP contribution in [0.2, 0.25) is 0 Å². The maximum Gasteiger partial charge on any atom is 0.183 e. The Morgan fingerprint density at radius 2 is 1.03 bits per heavy atom. The molecule has 33 heavy (non-hydrogen) atoms. The SMILES string of the molecule is c1ccc(Cn2nnc3c(Sc4ncnc5c4nnn5Cc4ccccc4)ncnc32)cc1. The molecule has 4 aromatic heterocycles. The van der Waals surface area contributed by atoms with E-state index in [1.165, 1.54) is 24.4 Å². The summed E-state index contributed by atoms with van der Waals surface area (Å²) in [6.07, 6.45) is 3.03. The molecule has 160 valence electrons. The lowest BCUT2D eigenvalue weighted by Crippen LogP contribution is -2.03. The average Bonchev–Trinajstić information content (AvgIpc) is 3.46. The summed E-state index contributed by atoms with van der Waals surface area (Å²) in [4.78, 5) is 17.7. The van der Waals surface area contributed by atoms with Gasteiger partial charge in [-0.1, -0.05) is 71.1 Å². The first-order valence-electron chi connectivity index (χ1n) is 10.2. The molecule has 4 heterocycles. The van der Waals surface area contributed by atoms with Crippen molar-refractivity contribution >= 4 is 34.1 Å². The Bertz CT molecular complexity index is 1430. The van der Waals surface area contributed by atoms with Gasteiger partial charge in [0.25, 0.3) is 0 Å². The summed E-state index contributed by atoms with van der Waals surface area (Å²) >= 11 is 1.35. The molecule has 0 fully saturated rings. The minimum absolute atomic E-state index is 0.573. The van der Waals surface area contributed by atoms with Crippen LogP contribution in [0.25, 0.3) is 22.3 Å². The van der Waals surface area contributed by atoms with Crippen molar-refractivity contribution in [3.8, 4) is 0 Å². The first-order valence-corrected chi connectivity index (χ1v) is 11.0. The summed E-state index contributed by atoms with van der Waals surface area (Å²) < 4.78 is 3.53. The Balaban J connectivity index is 1.33. The fraction of sp³-hybridized carbons (Fsp3) is 0.0909. The molecule has 0 N–H and O–H groups in total. The standard InChI is InChI=1S/C22H16N10S/c1-3-7-15(8-4-1)11-31-19-17(27-29-31)21(25-13-23-19)33-22-18-20(24-14-26-22)32(30-28-18)12-16-9-5-2-6-10-16/h1-10,13-14H,11-12H2. The molecule has 11 heteroatoms. The Morgan fingerprint density at radius 1 is 0.576 bits per heavy atom. The van der Waals surface area contributed by atoms with Gasteiger partial charge < -0.3 is 0 Å². The third-order valence-corrected chi connectivity index (χ3v) is 6.06. The number of hydrogen-bond acceptors (Lipinski definition) is 9. The molecule has 0 aliphatic carbocycles. The van der Waals surface area contributed by atoms with E-state index in [9.17, 15) is 0 Å². The fourth-order valence-corrected chi connectivity index (χ4v) is 4.35. The van der Waals surface area contributed by atoms with E-state index in [1.807, 2.05) is 60.7 Å². The Kier molecular flexibility index (Phi) is 4.92. The van der Waals surface area contributed by atoms with E-state index in [0.717, 1.165) is 11.1 Å². The summed E-state index contributed by atoms with van der Waals surface area (Å²) in [7, 11) is 0. The van der Waals surface area contributed by atoms with Crippen molar-refractivity contribution < 1.29 is 0 Å². The molecule has 0 bridgehead atoms. The predicted molar refractivity (Wildman–Crippen MR) is 121 cm³/mol. The van der Waals surface area contributed by atoms with Crippen molar-refractivity contribution in [2.45, 2.75) is 23.1 Å². The van der Waals surface area contributed by atoms with Crippen LogP contribution in [-0.4, -0.2) is 49.9 Å². The van der Waals surface area contributed by atoms with E-state index in [2.05, 4.69) is 40.6 Å². The summed E-state index contributed by atoms with van der Waals surface area (Å²) in [5.41, 5.74) is 4.78. The molecule has 0 saturated heterocycles. The molecule has 0 amide bonds. The summed E-state index contributed by atoms with van der Waals surface area (Å²) in [5.74, 6) is 0. The summed E-state index contributed by atoms with van der Waals surface area (Å²) in [6, 6.07) is 20.1. The molecule has 0 unspecified atom stereocenters. The minimum Gasteiger partial charge on any atom is -0.227 e. The zero-order valence-electron chi connectivity index (χ0n) is 17.2. The van der Waals surface area contributed by atoms with Gasteiger partial charge in [0.05, 0.1) is 13.1 Å². The Morgan fingerprint density at radius 3 is 1.48 bits per heavy atom. The van der Waals surface area contributed by atoms with E-state index in [4.69, 9.17) is 0 Å². The van der Waals surface area contributed by atoms with Gasteiger partial charge >= 0.3 is 0 Å². The molecule has 0 aliphatic rings. The Hall–Kier alpha value is -4.25. The quantitative estimate of drug-likeness (QED) is 0.352. The highest BCUT2D eigenvalue weighted by molar-refractivity contribution is 7.99. The molecule has 0 atom stereocenters. The highest BCUT2D eigenvalue weighted by atomic mass is 32.2. The highest BCUT2D eigenvalue weighted by Gasteiger charge is 2.18. The number of fused-ring (bicyclic) bond motifs is 2. The average molecular weight is 453 g/mol. The second-order valence-corrected chi connectivity index (χ2v) is 8.25. The van der Waals surface area contributed by atoms with Crippen LogP contribution in [0.5, 0.6) is 0 Å². The van der Waals surface area contributed by atoms with Crippen LogP contribution in [0, 0.1) is 0 Å². The fourth-order valence-electron chi connectivity index (χ4n) is 3.51. The lowest BCUT2D eigenvalue weighted by molar-refractivity contribution is 0.664. The number of benzene rings is 2. The molecule has 0 saturated carbocycles. The van der Waals surface area contributed by atoms with Crippen LogP contribution >= 0.6 is 11.8 Å². The highest BCUT2D eigenvalue weighted by Crippen LogP contribution is 2.31. The van der Waals surface area contributed by atoms with Crippen molar-refractivity contribution in [3.63, 3.8) is 0 Å². The van der Waals surface area contributed by atoms with Gasteiger partial charge in [-0.15, -0.1) is 10.2 Å². The second kappa shape index (κ2) is 8.36. The molecule has 0 aliphatic heterocycles.